The van der Waals surface area contributed by atoms with E-state index in [1.165, 1.54) is 0 Å². The minimum atomic E-state index is -0.523. The van der Waals surface area contributed by atoms with E-state index in [1.54, 1.807) is 0 Å². The van der Waals surface area contributed by atoms with Gasteiger partial charge in [0.25, 0.3) is 0 Å². The van der Waals surface area contributed by atoms with Crippen molar-refractivity contribution in [1.29, 1.82) is 0 Å². The van der Waals surface area contributed by atoms with E-state index in [1.807, 2.05) is 20.8 Å². The van der Waals surface area contributed by atoms with Crippen LogP contribution in [0.3, 0.4) is 0 Å². The first-order chi connectivity index (χ1) is 6.78. The molecule has 1 aliphatic carbocycles. The fourth-order valence-electron chi connectivity index (χ4n) is 1.64. The quantitative estimate of drug-likeness (QED) is 0.591. The summed E-state index contributed by atoms with van der Waals surface area (Å²) in [6.07, 6.45) is 0.125. The summed E-state index contributed by atoms with van der Waals surface area (Å²) in [6, 6.07) is -0.324. The Kier molecular flexibility index (Phi) is 3.57. The van der Waals surface area contributed by atoms with Crippen molar-refractivity contribution in [2.24, 2.45) is 5.73 Å². The van der Waals surface area contributed by atoms with Gasteiger partial charge >= 0.3 is 6.09 Å². The number of aliphatic hydroxyl groups is 1. The zero-order valence-corrected chi connectivity index (χ0v) is 9.49. The predicted molar refractivity (Wildman–Crippen MR) is 56.4 cm³/mol. The summed E-state index contributed by atoms with van der Waals surface area (Å²) in [5.74, 6) is 0. The average Bonchev–Trinajstić information content (AvgIpc) is 2.26. The number of carbonyl (C=O) groups is 1. The van der Waals surface area contributed by atoms with Gasteiger partial charge in [-0.3, -0.25) is 0 Å². The van der Waals surface area contributed by atoms with E-state index in [-0.39, 0.29) is 12.1 Å². The fourth-order valence-corrected chi connectivity index (χ4v) is 1.64. The van der Waals surface area contributed by atoms with E-state index in [4.69, 9.17) is 10.5 Å². The second kappa shape index (κ2) is 4.37. The largest absolute Gasteiger partial charge is 0.444 e. The van der Waals surface area contributed by atoms with E-state index in [0.29, 0.717) is 12.8 Å². The first-order valence-electron chi connectivity index (χ1n) is 5.21. The Bertz CT molecular complexity index is 227. The molecule has 0 aromatic rings. The minimum Gasteiger partial charge on any atom is -0.444 e. The third-order valence-electron chi connectivity index (χ3n) is 2.30. The molecule has 88 valence electrons. The number of carbonyl (C=O) groups excluding carboxylic acids is 1. The van der Waals surface area contributed by atoms with Crippen molar-refractivity contribution >= 4 is 6.09 Å². The van der Waals surface area contributed by atoms with Crippen LogP contribution in [0.5, 0.6) is 0 Å². The molecule has 1 fully saturated rings. The van der Waals surface area contributed by atoms with Gasteiger partial charge in [0, 0.05) is 12.1 Å². The molecular formula is C10H20N2O3. The second-order valence-electron chi connectivity index (χ2n) is 5.05. The summed E-state index contributed by atoms with van der Waals surface area (Å²) in [4.78, 5) is 11.4. The molecule has 1 aliphatic rings. The number of alkyl carbamates (subject to hydrolysis) is 1. The molecule has 4 N–H and O–H groups in total. The standard InChI is InChI=1S/C10H20N2O3/c1-10(2,3)15-9(14)12-6-4-7(11)8(13)5-6/h6-8,13H,4-5,11H2,1-3H3,(H,12,14)/t6?,7-,8-/m1/s1. The molecule has 0 aromatic heterocycles. The zero-order chi connectivity index (χ0) is 11.6. The molecule has 0 heterocycles. The van der Waals surface area contributed by atoms with Crippen molar-refractivity contribution in [3.05, 3.63) is 0 Å². The van der Waals surface area contributed by atoms with Gasteiger partial charge in [0.2, 0.25) is 0 Å². The zero-order valence-electron chi connectivity index (χ0n) is 9.49. The normalized spacial score (nSPS) is 31.4. The van der Waals surface area contributed by atoms with E-state index in [9.17, 15) is 9.90 Å². The van der Waals surface area contributed by atoms with Crippen LogP contribution in [0.2, 0.25) is 0 Å². The van der Waals surface area contributed by atoms with E-state index < -0.39 is 17.8 Å². The Morgan fingerprint density at radius 3 is 2.47 bits per heavy atom. The van der Waals surface area contributed by atoms with Crippen molar-refractivity contribution < 1.29 is 14.6 Å². The Hall–Kier alpha value is -0.810. The minimum absolute atomic E-state index is 0.0788. The number of amides is 1. The van der Waals surface area contributed by atoms with Gasteiger partial charge in [-0.05, 0) is 33.6 Å². The van der Waals surface area contributed by atoms with Crippen molar-refractivity contribution in [3.8, 4) is 0 Å². The van der Waals surface area contributed by atoms with Crippen LogP contribution in [0, 0.1) is 0 Å². The lowest BCUT2D eigenvalue weighted by atomic mass is 10.2. The SMILES string of the molecule is CC(C)(C)OC(=O)NC1C[C@@H](N)[C@H](O)C1. The monoisotopic (exact) mass is 216 g/mol. The molecule has 15 heavy (non-hydrogen) atoms. The molecule has 0 radical (unpaired) electrons. The summed E-state index contributed by atoms with van der Waals surface area (Å²) in [6.45, 7) is 5.42. The molecule has 0 aromatic carbocycles. The number of nitrogens with two attached hydrogens (primary N) is 1. The van der Waals surface area contributed by atoms with Gasteiger partial charge in [0.05, 0.1) is 6.10 Å². The summed E-state index contributed by atoms with van der Waals surface area (Å²) in [7, 11) is 0. The van der Waals surface area contributed by atoms with Crippen LogP contribution in [-0.2, 0) is 4.74 Å². The van der Waals surface area contributed by atoms with Crippen molar-refractivity contribution in [2.45, 2.75) is 57.4 Å². The van der Waals surface area contributed by atoms with Crippen LogP contribution in [0.4, 0.5) is 4.79 Å². The highest BCUT2D eigenvalue weighted by atomic mass is 16.6. The smallest absolute Gasteiger partial charge is 0.407 e. The number of nitrogens with one attached hydrogen (secondary N) is 1. The molecule has 5 heteroatoms. The van der Waals surface area contributed by atoms with Gasteiger partial charge in [-0.2, -0.15) is 0 Å². The van der Waals surface area contributed by atoms with Gasteiger partial charge in [-0.1, -0.05) is 0 Å². The molecule has 0 saturated heterocycles. The lowest BCUT2D eigenvalue weighted by molar-refractivity contribution is 0.0502. The van der Waals surface area contributed by atoms with Gasteiger partial charge < -0.3 is 20.9 Å². The molecule has 0 spiro atoms. The Balaban J connectivity index is 2.34. The Morgan fingerprint density at radius 2 is 2.07 bits per heavy atom. The van der Waals surface area contributed by atoms with Gasteiger partial charge in [-0.25, -0.2) is 4.79 Å². The van der Waals surface area contributed by atoms with Crippen molar-refractivity contribution in [2.75, 3.05) is 0 Å². The summed E-state index contributed by atoms with van der Waals surface area (Å²) in [5.41, 5.74) is 5.13. The highest BCUT2D eigenvalue weighted by Gasteiger charge is 2.32. The molecule has 1 amide bonds. The van der Waals surface area contributed by atoms with Crippen LogP contribution in [0.25, 0.3) is 0 Å². The molecule has 3 atom stereocenters. The van der Waals surface area contributed by atoms with Crippen LogP contribution in [-0.4, -0.2) is 35.0 Å². The predicted octanol–water partition coefficient (Wildman–Crippen LogP) is 0.362. The van der Waals surface area contributed by atoms with Gasteiger partial charge in [-0.15, -0.1) is 0 Å². The number of aliphatic hydroxyl groups excluding tert-OH is 1. The molecule has 5 nitrogen and oxygen atoms in total. The number of ether oxygens (including phenoxy) is 1. The lowest BCUT2D eigenvalue weighted by Gasteiger charge is -2.21. The first-order valence-corrected chi connectivity index (χ1v) is 5.21. The summed E-state index contributed by atoms with van der Waals surface area (Å²) < 4.78 is 5.10. The Labute approximate surface area is 90.0 Å². The molecule has 1 saturated carbocycles. The maximum Gasteiger partial charge on any atom is 0.407 e. The van der Waals surface area contributed by atoms with Crippen molar-refractivity contribution in [3.63, 3.8) is 0 Å². The van der Waals surface area contributed by atoms with Crippen molar-refractivity contribution in [1.82, 2.24) is 5.32 Å². The van der Waals surface area contributed by atoms with Crippen LogP contribution in [0.15, 0.2) is 0 Å². The fraction of sp³-hybridized carbons (Fsp3) is 0.900. The average molecular weight is 216 g/mol. The maximum atomic E-state index is 11.4. The van der Waals surface area contributed by atoms with Crippen LogP contribution < -0.4 is 11.1 Å². The number of hydrogen-bond acceptors (Lipinski definition) is 4. The highest BCUT2D eigenvalue weighted by Crippen LogP contribution is 2.18. The third-order valence-corrected chi connectivity index (χ3v) is 2.30. The first kappa shape index (κ1) is 12.3. The van der Waals surface area contributed by atoms with Crippen LogP contribution in [0.1, 0.15) is 33.6 Å². The van der Waals surface area contributed by atoms with Gasteiger partial charge in [0.15, 0.2) is 0 Å². The number of hydrogen-bond donors (Lipinski definition) is 3. The summed E-state index contributed by atoms with van der Waals surface area (Å²) >= 11 is 0. The molecule has 1 unspecified atom stereocenters. The molecular weight excluding hydrogens is 196 g/mol. The second-order valence-corrected chi connectivity index (χ2v) is 5.05. The van der Waals surface area contributed by atoms with E-state index >= 15 is 0 Å². The Morgan fingerprint density at radius 1 is 1.47 bits per heavy atom. The third kappa shape index (κ3) is 4.05. The molecule has 0 aliphatic heterocycles. The summed E-state index contributed by atoms with van der Waals surface area (Å²) in [5, 5.41) is 12.1. The molecule has 1 rings (SSSR count). The van der Waals surface area contributed by atoms with Crippen LogP contribution >= 0.6 is 0 Å². The molecule has 0 bridgehead atoms. The maximum absolute atomic E-state index is 11.4. The van der Waals surface area contributed by atoms with E-state index in [0.717, 1.165) is 0 Å². The van der Waals surface area contributed by atoms with E-state index in [2.05, 4.69) is 5.32 Å². The lowest BCUT2D eigenvalue weighted by Crippen LogP contribution is -2.38. The van der Waals surface area contributed by atoms with Gasteiger partial charge in [0.1, 0.15) is 5.60 Å². The number of rotatable bonds is 1. The topological polar surface area (TPSA) is 84.6 Å². The highest BCUT2D eigenvalue weighted by molar-refractivity contribution is 5.68.